The number of hydrogen-bond acceptors (Lipinski definition) is 4. The first-order chi connectivity index (χ1) is 12.1. The molecular weight excluding hydrogens is 318 g/mol. The summed E-state index contributed by atoms with van der Waals surface area (Å²) in [7, 11) is 0. The zero-order valence-corrected chi connectivity index (χ0v) is 14.9. The van der Waals surface area contributed by atoms with Gasteiger partial charge in [-0.3, -0.25) is 4.79 Å². The molecule has 3 heterocycles. The van der Waals surface area contributed by atoms with Crippen molar-refractivity contribution in [3.63, 3.8) is 0 Å². The van der Waals surface area contributed by atoms with E-state index in [0.29, 0.717) is 24.4 Å². The fraction of sp³-hybridized carbons (Fsp3) is 0.632. The van der Waals surface area contributed by atoms with Crippen LogP contribution < -0.4 is 4.90 Å². The van der Waals surface area contributed by atoms with E-state index >= 15 is 0 Å². The van der Waals surface area contributed by atoms with E-state index in [0.717, 1.165) is 25.3 Å². The Labute approximate surface area is 148 Å². The summed E-state index contributed by atoms with van der Waals surface area (Å²) in [6.07, 6.45) is 7.83. The summed E-state index contributed by atoms with van der Waals surface area (Å²) < 4.78 is 0. The number of carboxylic acid groups (broad SMARTS) is 1. The molecule has 0 bridgehead atoms. The van der Waals surface area contributed by atoms with Gasteiger partial charge in [-0.25, -0.2) is 9.78 Å². The van der Waals surface area contributed by atoms with Crippen LogP contribution in [0, 0.1) is 5.92 Å². The Morgan fingerprint density at radius 2 is 1.84 bits per heavy atom. The van der Waals surface area contributed by atoms with Crippen molar-refractivity contribution in [1.29, 1.82) is 0 Å². The van der Waals surface area contributed by atoms with Gasteiger partial charge in [0.15, 0.2) is 0 Å². The number of carboxylic acids is 1. The number of pyridine rings is 1. The standard InChI is InChI=1S/C19H27N3O3/c1-14-8-11-22(16(12-14)19(24)25)18(23)15-6-7-17(20-13-15)21-9-4-2-3-5-10-21/h6-7,13-14,16H,2-5,8-12H2,1H3,(H,24,25). The van der Waals surface area contributed by atoms with Crippen molar-refractivity contribution < 1.29 is 14.7 Å². The first-order valence-electron chi connectivity index (χ1n) is 9.31. The summed E-state index contributed by atoms with van der Waals surface area (Å²) in [5.41, 5.74) is 0.472. The molecule has 2 saturated heterocycles. The lowest BCUT2D eigenvalue weighted by atomic mass is 9.92. The minimum atomic E-state index is -0.922. The highest BCUT2D eigenvalue weighted by atomic mass is 16.4. The maximum atomic E-state index is 12.8. The van der Waals surface area contributed by atoms with Crippen LogP contribution in [0.1, 0.15) is 55.8 Å². The lowest BCUT2D eigenvalue weighted by Gasteiger charge is -2.36. The SMILES string of the molecule is CC1CCN(C(=O)c2ccc(N3CCCCCC3)nc2)C(C(=O)O)C1. The second-order valence-corrected chi connectivity index (χ2v) is 7.29. The Morgan fingerprint density at radius 1 is 1.12 bits per heavy atom. The zero-order chi connectivity index (χ0) is 17.8. The van der Waals surface area contributed by atoms with Crippen LogP contribution in [0.4, 0.5) is 5.82 Å². The molecule has 1 aromatic rings. The molecule has 6 nitrogen and oxygen atoms in total. The van der Waals surface area contributed by atoms with Gasteiger partial charge in [-0.05, 0) is 43.7 Å². The molecular formula is C19H27N3O3. The third-order valence-corrected chi connectivity index (χ3v) is 5.34. The topological polar surface area (TPSA) is 73.7 Å². The number of hydrogen-bond donors (Lipinski definition) is 1. The molecule has 1 amide bonds. The van der Waals surface area contributed by atoms with Gasteiger partial charge >= 0.3 is 5.97 Å². The average Bonchev–Trinajstić information content (AvgIpc) is 2.90. The minimum Gasteiger partial charge on any atom is -0.480 e. The van der Waals surface area contributed by atoms with E-state index in [1.165, 1.54) is 30.6 Å². The Morgan fingerprint density at radius 3 is 2.44 bits per heavy atom. The second kappa shape index (κ2) is 7.85. The molecule has 2 aliphatic rings. The molecule has 2 aliphatic heterocycles. The van der Waals surface area contributed by atoms with Crippen molar-refractivity contribution in [1.82, 2.24) is 9.88 Å². The number of anilines is 1. The molecule has 0 aliphatic carbocycles. The largest absolute Gasteiger partial charge is 0.480 e. The number of piperidine rings is 1. The number of nitrogens with zero attached hydrogens (tertiary/aromatic N) is 3. The number of aliphatic carboxylic acids is 1. The van der Waals surface area contributed by atoms with Crippen LogP contribution in [0.25, 0.3) is 0 Å². The number of aromatic nitrogens is 1. The van der Waals surface area contributed by atoms with Crippen molar-refractivity contribution in [3.05, 3.63) is 23.9 Å². The van der Waals surface area contributed by atoms with E-state index in [1.807, 2.05) is 13.0 Å². The van der Waals surface area contributed by atoms with Crippen LogP contribution in [0.3, 0.4) is 0 Å². The van der Waals surface area contributed by atoms with Crippen LogP contribution in [0.2, 0.25) is 0 Å². The minimum absolute atomic E-state index is 0.228. The van der Waals surface area contributed by atoms with Crippen LogP contribution in [0.5, 0.6) is 0 Å². The Balaban J connectivity index is 1.72. The maximum absolute atomic E-state index is 12.8. The zero-order valence-electron chi connectivity index (χ0n) is 14.9. The number of rotatable bonds is 3. The molecule has 6 heteroatoms. The van der Waals surface area contributed by atoms with E-state index in [-0.39, 0.29) is 5.91 Å². The van der Waals surface area contributed by atoms with Crippen molar-refractivity contribution in [2.45, 2.75) is 51.5 Å². The van der Waals surface area contributed by atoms with Crippen molar-refractivity contribution in [2.24, 2.45) is 5.92 Å². The first-order valence-corrected chi connectivity index (χ1v) is 9.31. The third-order valence-electron chi connectivity index (χ3n) is 5.34. The summed E-state index contributed by atoms with van der Waals surface area (Å²) in [4.78, 5) is 32.5. The van der Waals surface area contributed by atoms with E-state index in [1.54, 1.807) is 12.3 Å². The smallest absolute Gasteiger partial charge is 0.326 e. The highest BCUT2D eigenvalue weighted by Crippen LogP contribution is 2.25. The third kappa shape index (κ3) is 4.11. The Bertz CT molecular complexity index is 609. The fourth-order valence-corrected chi connectivity index (χ4v) is 3.78. The van der Waals surface area contributed by atoms with Gasteiger partial charge < -0.3 is 14.9 Å². The van der Waals surface area contributed by atoms with Gasteiger partial charge in [-0.15, -0.1) is 0 Å². The highest BCUT2D eigenvalue weighted by molar-refractivity contribution is 5.96. The Hall–Kier alpha value is -2.11. The maximum Gasteiger partial charge on any atom is 0.326 e. The van der Waals surface area contributed by atoms with E-state index < -0.39 is 12.0 Å². The molecule has 0 radical (unpaired) electrons. The molecule has 1 aromatic heterocycles. The molecule has 1 N–H and O–H groups in total. The monoisotopic (exact) mass is 345 g/mol. The molecule has 0 spiro atoms. The van der Waals surface area contributed by atoms with Crippen LogP contribution in [-0.4, -0.2) is 52.5 Å². The Kier molecular flexibility index (Phi) is 5.56. The lowest BCUT2D eigenvalue weighted by Crippen LogP contribution is -2.49. The lowest BCUT2D eigenvalue weighted by molar-refractivity contribution is -0.144. The molecule has 0 saturated carbocycles. The van der Waals surface area contributed by atoms with Gasteiger partial charge in [0.1, 0.15) is 11.9 Å². The van der Waals surface area contributed by atoms with E-state index in [9.17, 15) is 14.7 Å². The summed E-state index contributed by atoms with van der Waals surface area (Å²) in [5.74, 6) is 0.0810. The van der Waals surface area contributed by atoms with Gasteiger partial charge in [0.2, 0.25) is 0 Å². The van der Waals surface area contributed by atoms with Crippen molar-refractivity contribution >= 4 is 17.7 Å². The summed E-state index contributed by atoms with van der Waals surface area (Å²) in [6.45, 7) is 4.54. The first kappa shape index (κ1) is 17.7. The van der Waals surface area contributed by atoms with Crippen molar-refractivity contribution in [3.8, 4) is 0 Å². The number of carbonyl (C=O) groups is 2. The summed E-state index contributed by atoms with van der Waals surface area (Å²) in [5, 5.41) is 9.45. The molecule has 3 rings (SSSR count). The predicted octanol–water partition coefficient (Wildman–Crippen LogP) is 2.79. The summed E-state index contributed by atoms with van der Waals surface area (Å²) in [6, 6.07) is 2.94. The predicted molar refractivity (Wildman–Crippen MR) is 95.8 cm³/mol. The van der Waals surface area contributed by atoms with Gasteiger partial charge in [0, 0.05) is 25.8 Å². The second-order valence-electron chi connectivity index (χ2n) is 7.29. The fourth-order valence-electron chi connectivity index (χ4n) is 3.78. The van der Waals surface area contributed by atoms with Crippen molar-refractivity contribution in [2.75, 3.05) is 24.5 Å². The van der Waals surface area contributed by atoms with Gasteiger partial charge in [-0.1, -0.05) is 19.8 Å². The van der Waals surface area contributed by atoms with E-state index in [4.69, 9.17) is 0 Å². The average molecular weight is 345 g/mol. The normalized spacial score (nSPS) is 24.7. The molecule has 2 unspecified atom stereocenters. The van der Waals surface area contributed by atoms with Gasteiger partial charge in [0.25, 0.3) is 5.91 Å². The van der Waals surface area contributed by atoms with Gasteiger partial charge in [-0.2, -0.15) is 0 Å². The van der Waals surface area contributed by atoms with E-state index in [2.05, 4.69) is 9.88 Å². The quantitative estimate of drug-likeness (QED) is 0.912. The molecule has 0 aromatic carbocycles. The van der Waals surface area contributed by atoms with Gasteiger partial charge in [0.05, 0.1) is 5.56 Å². The number of amides is 1. The molecule has 136 valence electrons. The molecule has 2 fully saturated rings. The molecule has 25 heavy (non-hydrogen) atoms. The summed E-state index contributed by atoms with van der Waals surface area (Å²) >= 11 is 0. The molecule has 2 atom stereocenters. The highest BCUT2D eigenvalue weighted by Gasteiger charge is 2.35. The van der Waals surface area contributed by atoms with Crippen LogP contribution in [-0.2, 0) is 4.79 Å². The van der Waals surface area contributed by atoms with Crippen LogP contribution >= 0.6 is 0 Å². The van der Waals surface area contributed by atoms with Crippen LogP contribution in [0.15, 0.2) is 18.3 Å². The number of likely N-dealkylation sites (tertiary alicyclic amines) is 1. The number of carbonyl (C=O) groups excluding carboxylic acids is 1.